The SMILES string of the molecule is Cc1cc(C)c(C)c(N2C(C)C3(C)CC2(C)C(C)C3C)c1.Cc1cc(C)c(C)c(N2C(C)C3(C)CC2(C)c2ccccc23)c1.Cc1cc(C)c(C)c(N2C(C)C3(C)CCC2(C)C3(C)C)c1.Cc1cc(C)c(C)c(N2C(C)C3CCC2C3(C)C)c1.Cc1cc(C)c(C)c(N2C(C)N3CCC2(C)C3)c1.Cc1cc(C)c(C)c(N2C3CC(c4ccccc43)C2C)c1. The Hall–Kier alpha value is -7.48. The van der Waals surface area contributed by atoms with E-state index in [1.807, 2.05) is 0 Å². The van der Waals surface area contributed by atoms with E-state index in [0.717, 1.165) is 23.8 Å². The van der Waals surface area contributed by atoms with E-state index in [9.17, 15) is 0 Å². The number of hydrogen-bond donors (Lipinski definition) is 0. The Morgan fingerprint density at radius 2 is 0.789 bits per heavy atom. The average Bonchev–Trinajstić information content (AvgIpc) is 1.50. The fourth-order valence-corrected chi connectivity index (χ4v) is 29.5. The van der Waals surface area contributed by atoms with Crippen molar-refractivity contribution in [3.8, 4) is 0 Å². The predicted octanol–water partition coefficient (Wildman–Crippen LogP) is 29.0. The van der Waals surface area contributed by atoms with Crippen LogP contribution in [0.15, 0.2) is 121 Å². The third kappa shape index (κ3) is 13.7. The van der Waals surface area contributed by atoms with Gasteiger partial charge in [0, 0.05) is 106 Å². The number of fused-ring (bicyclic) bond motifs is 18. The molecule has 20 atom stereocenters. The summed E-state index contributed by atoms with van der Waals surface area (Å²) in [5.41, 5.74) is 43.4. The van der Waals surface area contributed by atoms with Gasteiger partial charge in [-0.25, -0.2) is 0 Å². The molecule has 0 aromatic heterocycles. The van der Waals surface area contributed by atoms with Crippen molar-refractivity contribution < 1.29 is 0 Å². The highest BCUT2D eigenvalue weighted by Crippen LogP contribution is 2.71. The van der Waals surface area contributed by atoms with E-state index in [-0.39, 0.29) is 16.5 Å². The van der Waals surface area contributed by atoms with E-state index in [1.54, 1.807) is 16.7 Å². The van der Waals surface area contributed by atoms with Crippen LogP contribution in [0.4, 0.5) is 34.1 Å². The van der Waals surface area contributed by atoms with Crippen LogP contribution in [0.3, 0.4) is 0 Å². The van der Waals surface area contributed by atoms with Crippen molar-refractivity contribution in [1.29, 1.82) is 0 Å². The van der Waals surface area contributed by atoms with Crippen LogP contribution in [-0.2, 0) is 11.0 Å². The van der Waals surface area contributed by atoms with E-state index < -0.39 is 0 Å². The van der Waals surface area contributed by atoms with E-state index in [0.29, 0.717) is 81.1 Å². The van der Waals surface area contributed by atoms with Gasteiger partial charge < -0.3 is 29.4 Å². The number of aryl methyl sites for hydroxylation is 12. The van der Waals surface area contributed by atoms with E-state index in [1.165, 1.54) is 204 Å². The molecule has 0 N–H and O–H groups in total. The molecule has 20 unspecified atom stereocenters. The Morgan fingerprint density at radius 1 is 0.366 bits per heavy atom. The van der Waals surface area contributed by atoms with Gasteiger partial charge >= 0.3 is 0 Å². The second-order valence-corrected chi connectivity index (χ2v) is 45.9. The van der Waals surface area contributed by atoms with Crippen LogP contribution in [0, 0.1) is 164 Å². The normalized spacial score (nSPS) is 33.9. The summed E-state index contributed by atoms with van der Waals surface area (Å²) in [6, 6.07) is 50.6. The maximum absolute atomic E-state index is 2.77. The molecule has 0 radical (unpaired) electrons. The van der Waals surface area contributed by atoms with Gasteiger partial charge in [0.1, 0.15) is 0 Å². The lowest BCUT2D eigenvalue weighted by molar-refractivity contribution is 0.132. The van der Waals surface area contributed by atoms with Gasteiger partial charge in [0.25, 0.3) is 0 Å². The van der Waals surface area contributed by atoms with Crippen LogP contribution in [0.2, 0.25) is 0 Å². The van der Waals surface area contributed by atoms with Gasteiger partial charge in [0.2, 0.25) is 0 Å². The first-order valence-corrected chi connectivity index (χ1v) is 48.5. The molecule has 7 heterocycles. The third-order valence-corrected chi connectivity index (χ3v) is 38.6. The lowest BCUT2D eigenvalue weighted by Crippen LogP contribution is -2.56. The molecule has 0 amide bonds. The van der Waals surface area contributed by atoms with Crippen LogP contribution in [-0.4, -0.2) is 77.0 Å². The molecule has 7 aliphatic heterocycles. The maximum atomic E-state index is 2.77. The summed E-state index contributed by atoms with van der Waals surface area (Å²) < 4.78 is 0. The zero-order valence-electron chi connectivity index (χ0n) is 84.2. The number of hydrogen-bond acceptors (Lipinski definition) is 7. The first kappa shape index (κ1) is 90.3. The van der Waals surface area contributed by atoms with Crippen LogP contribution in [0.5, 0.6) is 0 Å². The van der Waals surface area contributed by atoms with Crippen molar-refractivity contribution in [3.63, 3.8) is 0 Å². The number of piperidine rings is 3. The average molecular weight is 1660 g/mol. The second kappa shape index (κ2) is 31.2. The monoisotopic (exact) mass is 1650 g/mol. The molecule has 8 aromatic carbocycles. The van der Waals surface area contributed by atoms with Crippen molar-refractivity contribution in [2.75, 3.05) is 42.5 Å². The lowest BCUT2D eigenvalue weighted by Gasteiger charge is -2.51. The summed E-state index contributed by atoms with van der Waals surface area (Å²) in [6.07, 6.45) is 11.1. The molecule has 20 rings (SSSR count). The second-order valence-electron chi connectivity index (χ2n) is 45.9. The summed E-state index contributed by atoms with van der Waals surface area (Å²) in [4.78, 5) is 18.9. The third-order valence-electron chi connectivity index (χ3n) is 38.6. The Bertz CT molecular complexity index is 5420. The van der Waals surface area contributed by atoms with Gasteiger partial charge in [-0.3, -0.25) is 4.90 Å². The van der Waals surface area contributed by atoms with Crippen LogP contribution in [0.25, 0.3) is 0 Å². The molecule has 123 heavy (non-hydrogen) atoms. The molecule has 7 nitrogen and oxygen atoms in total. The molecular formula is C116H163N7. The molecule has 5 aliphatic carbocycles. The van der Waals surface area contributed by atoms with Crippen molar-refractivity contribution in [2.24, 2.45) is 39.4 Å². The molecule has 7 saturated heterocycles. The summed E-state index contributed by atoms with van der Waals surface area (Å²) in [5.74, 6) is 3.11. The van der Waals surface area contributed by atoms with Crippen LogP contribution in [0.1, 0.15) is 317 Å². The van der Waals surface area contributed by atoms with Gasteiger partial charge in [0.05, 0.1) is 23.3 Å². The topological polar surface area (TPSA) is 22.7 Å². The van der Waals surface area contributed by atoms with Gasteiger partial charge in [0.15, 0.2) is 0 Å². The van der Waals surface area contributed by atoms with Crippen LogP contribution >= 0.6 is 0 Å². The Balaban J connectivity index is 0.000000115. The first-order valence-electron chi connectivity index (χ1n) is 48.5. The Kier molecular flexibility index (Phi) is 22.9. The van der Waals surface area contributed by atoms with E-state index in [4.69, 9.17) is 0 Å². The Labute approximate surface area is 749 Å². The minimum Gasteiger partial charge on any atom is -0.365 e. The minimum atomic E-state index is 0.107. The molecule has 8 aromatic rings. The standard InChI is InChI=1S/C22H27N.C20H23N.2C20H31N.C18H27N.C16H24N2/c1-14-11-15(2)16(3)20(12-14)23-17(4)21(5)13-22(23,6)19-10-8-7-9-18(19)21;1-12-9-13(2)14(3)19(10-12)21-15(4)18-11-20(21)17-8-6-5-7-16(17)18;1-12-9-13(2)14(3)18(10-12)21-17(6)19(7)11-20(21,8)16(5)15(19)4;1-13-11-14(2)15(3)17(12-13)21-16(4)19(7)9-10-20(21,8)18(19,5)6;1-11-9-12(2)13(3)16(10-11)19-14(4)15-7-8-17(19)18(15,5)6;1-11-8-12(2)13(3)15(9-11)18-14(4)17-7-6-16(18,5)10-17/h7-12,17H,13H2,1-6H3;5-10,15,18,20H,11H2,1-4H3;9-10,15-17H,11H2,1-8H3;11-12,16H,9-10H2,1-8H3;9-10,14-15,17H,7-8H2,1-6H3;8-9,14H,6-7,10H2,1-5H3. The summed E-state index contributed by atoms with van der Waals surface area (Å²) in [7, 11) is 0. The van der Waals surface area contributed by atoms with Crippen LogP contribution < -0.4 is 29.4 Å². The highest BCUT2D eigenvalue weighted by atomic mass is 15.5. The smallest absolute Gasteiger partial charge is 0.0799 e. The fraction of sp³-hybridized carbons (Fsp3) is 0.586. The van der Waals surface area contributed by atoms with E-state index in [2.05, 4.69) is 412 Å². The predicted molar refractivity (Wildman–Crippen MR) is 532 cm³/mol. The summed E-state index contributed by atoms with van der Waals surface area (Å²) in [5, 5.41) is 0. The minimum absolute atomic E-state index is 0.107. The molecule has 7 heteroatoms. The van der Waals surface area contributed by atoms with E-state index >= 15 is 0 Å². The van der Waals surface area contributed by atoms with Gasteiger partial charge in [-0.15, -0.1) is 0 Å². The maximum Gasteiger partial charge on any atom is 0.0799 e. The van der Waals surface area contributed by atoms with Crippen molar-refractivity contribution in [2.45, 2.75) is 389 Å². The highest BCUT2D eigenvalue weighted by Gasteiger charge is 2.71. The summed E-state index contributed by atoms with van der Waals surface area (Å²) >= 11 is 0. The first-order chi connectivity index (χ1) is 57.3. The highest BCUT2D eigenvalue weighted by molar-refractivity contribution is 5.71. The lowest BCUT2D eigenvalue weighted by atomic mass is 9.65. The van der Waals surface area contributed by atoms with Crippen molar-refractivity contribution >= 4 is 34.1 Å². The molecule has 3 saturated carbocycles. The molecule has 10 fully saturated rings. The molecule has 0 spiro atoms. The van der Waals surface area contributed by atoms with Crippen molar-refractivity contribution in [1.82, 2.24) is 4.90 Å². The quantitative estimate of drug-likeness (QED) is 0.163. The fourth-order valence-electron chi connectivity index (χ4n) is 29.5. The number of benzene rings is 8. The largest absolute Gasteiger partial charge is 0.365 e. The zero-order chi connectivity index (χ0) is 89.8. The zero-order valence-corrected chi connectivity index (χ0v) is 84.2. The molecule has 12 aliphatic rings. The Morgan fingerprint density at radius 3 is 1.23 bits per heavy atom. The number of anilines is 6. The molecular weight excluding hydrogens is 1490 g/mol. The van der Waals surface area contributed by atoms with Gasteiger partial charge in [-0.2, -0.15) is 0 Å². The molecule has 662 valence electrons. The number of nitrogens with zero attached hydrogens (tertiary/aromatic N) is 7. The summed E-state index contributed by atoms with van der Waals surface area (Å²) in [6.45, 7) is 89.7. The molecule has 12 bridgehead atoms. The van der Waals surface area contributed by atoms with Crippen molar-refractivity contribution in [3.05, 3.63) is 244 Å². The van der Waals surface area contributed by atoms with Gasteiger partial charge in [-0.1, -0.05) is 147 Å². The number of rotatable bonds is 6. The van der Waals surface area contributed by atoms with Gasteiger partial charge in [-0.05, 0) is 443 Å².